The van der Waals surface area contributed by atoms with Crippen molar-refractivity contribution in [3.05, 3.63) is 54.1 Å². The molecule has 0 fully saturated rings. The summed E-state index contributed by atoms with van der Waals surface area (Å²) in [5.41, 5.74) is 1.03. The first-order valence-electron chi connectivity index (χ1n) is 9.88. The van der Waals surface area contributed by atoms with E-state index in [-0.39, 0.29) is 16.6 Å². The highest BCUT2D eigenvalue weighted by Gasteiger charge is 2.23. The van der Waals surface area contributed by atoms with E-state index in [1.165, 1.54) is 38.4 Å². The van der Waals surface area contributed by atoms with Gasteiger partial charge in [-0.25, -0.2) is 21.1 Å². The molecule has 0 aliphatic rings. The highest BCUT2D eigenvalue weighted by Crippen LogP contribution is 2.22. The number of hydrogen-bond donors (Lipinski definition) is 1. The second kappa shape index (κ2) is 10.3. The Balaban J connectivity index is 2.16. The first kappa shape index (κ1) is 25.6. The second-order valence-electron chi connectivity index (χ2n) is 7.34. The Labute approximate surface area is 190 Å². The van der Waals surface area contributed by atoms with E-state index in [2.05, 4.69) is 5.32 Å². The van der Waals surface area contributed by atoms with E-state index >= 15 is 0 Å². The Bertz CT molecular complexity index is 1130. The molecule has 0 saturated carbocycles. The number of rotatable bonds is 10. The number of carbonyl (C=O) groups is 1. The molecule has 0 aliphatic carbocycles. The first-order chi connectivity index (χ1) is 14.9. The number of sulfonamides is 2. The lowest BCUT2D eigenvalue weighted by molar-refractivity contribution is -0.120. The molecule has 9 nitrogen and oxygen atoms in total. The van der Waals surface area contributed by atoms with Crippen LogP contribution in [0, 0.1) is 0 Å². The van der Waals surface area contributed by atoms with Crippen molar-refractivity contribution in [1.82, 2.24) is 9.62 Å². The molecule has 1 unspecified atom stereocenters. The van der Waals surface area contributed by atoms with Gasteiger partial charge < -0.3 is 10.1 Å². The molecule has 32 heavy (non-hydrogen) atoms. The Morgan fingerprint density at radius 3 is 2.03 bits per heavy atom. The summed E-state index contributed by atoms with van der Waals surface area (Å²) in [5.74, 6) is 0.222. The molecular weight excluding hydrogens is 454 g/mol. The van der Waals surface area contributed by atoms with Crippen molar-refractivity contribution in [1.29, 1.82) is 0 Å². The molecule has 2 aromatic rings. The summed E-state index contributed by atoms with van der Waals surface area (Å²) in [5, 5.41) is 2.78. The van der Waals surface area contributed by atoms with Crippen LogP contribution in [0.15, 0.2) is 53.4 Å². The highest BCUT2D eigenvalue weighted by molar-refractivity contribution is 7.92. The molecule has 0 bridgehead atoms. The third-order valence-electron chi connectivity index (χ3n) is 4.66. The van der Waals surface area contributed by atoms with Crippen LogP contribution in [0.5, 0.6) is 5.75 Å². The second-order valence-corrected chi connectivity index (χ2v) is 11.4. The van der Waals surface area contributed by atoms with E-state index in [1.54, 1.807) is 19.1 Å². The van der Waals surface area contributed by atoms with Crippen LogP contribution < -0.4 is 14.4 Å². The molecule has 0 radical (unpaired) electrons. The zero-order valence-electron chi connectivity index (χ0n) is 18.8. The zero-order valence-corrected chi connectivity index (χ0v) is 20.4. The number of benzene rings is 2. The zero-order chi connectivity index (χ0) is 24.1. The molecule has 2 rings (SSSR count). The summed E-state index contributed by atoms with van der Waals surface area (Å²) >= 11 is 0. The van der Waals surface area contributed by atoms with Crippen LogP contribution in [-0.4, -0.2) is 60.6 Å². The average Bonchev–Trinajstić information content (AvgIpc) is 2.72. The molecule has 0 saturated heterocycles. The predicted octanol–water partition coefficient (Wildman–Crippen LogP) is 1.98. The van der Waals surface area contributed by atoms with Crippen molar-refractivity contribution >= 4 is 31.6 Å². The summed E-state index contributed by atoms with van der Waals surface area (Å²) in [4.78, 5) is 12.6. The van der Waals surface area contributed by atoms with Crippen LogP contribution in [0.3, 0.4) is 0 Å². The summed E-state index contributed by atoms with van der Waals surface area (Å²) in [6.45, 7) is 3.78. The van der Waals surface area contributed by atoms with E-state index in [4.69, 9.17) is 4.74 Å². The summed E-state index contributed by atoms with van der Waals surface area (Å²) in [6.07, 6.45) is 0.987. The van der Waals surface area contributed by atoms with Gasteiger partial charge in [0.15, 0.2) is 0 Å². The van der Waals surface area contributed by atoms with Gasteiger partial charge in [0.05, 0.1) is 29.5 Å². The van der Waals surface area contributed by atoms with Gasteiger partial charge in [-0.3, -0.25) is 9.10 Å². The van der Waals surface area contributed by atoms with Crippen LogP contribution in [0.1, 0.15) is 25.5 Å². The summed E-state index contributed by atoms with van der Waals surface area (Å²) in [7, 11) is -4.64. The number of amides is 1. The van der Waals surface area contributed by atoms with Gasteiger partial charge in [-0.05, 0) is 55.8 Å². The number of nitrogens with zero attached hydrogens (tertiary/aromatic N) is 2. The Morgan fingerprint density at radius 2 is 1.56 bits per heavy atom. The Morgan fingerprint density at radius 1 is 1.00 bits per heavy atom. The molecular formula is C21H29N3O6S2. The lowest BCUT2D eigenvalue weighted by Gasteiger charge is -2.23. The summed E-state index contributed by atoms with van der Waals surface area (Å²) in [6, 6.07) is 12.2. The average molecular weight is 484 g/mol. The van der Waals surface area contributed by atoms with Gasteiger partial charge in [0.25, 0.3) is 0 Å². The topological polar surface area (TPSA) is 113 Å². The maximum Gasteiger partial charge on any atom is 0.242 e. The molecule has 0 heterocycles. The lowest BCUT2D eigenvalue weighted by Crippen LogP contribution is -2.41. The van der Waals surface area contributed by atoms with E-state index in [0.29, 0.717) is 6.61 Å². The van der Waals surface area contributed by atoms with E-state index < -0.39 is 32.5 Å². The maximum absolute atomic E-state index is 12.6. The number of nitrogens with one attached hydrogen (secondary N) is 1. The molecule has 1 atom stereocenters. The number of anilines is 1. The van der Waals surface area contributed by atoms with E-state index in [9.17, 15) is 21.6 Å². The van der Waals surface area contributed by atoms with Crippen molar-refractivity contribution in [3.63, 3.8) is 0 Å². The largest absolute Gasteiger partial charge is 0.494 e. The molecule has 11 heteroatoms. The van der Waals surface area contributed by atoms with Crippen molar-refractivity contribution in [2.24, 2.45) is 0 Å². The van der Waals surface area contributed by atoms with E-state index in [0.717, 1.165) is 26.2 Å². The van der Waals surface area contributed by atoms with Crippen LogP contribution in [0.4, 0.5) is 5.69 Å². The fraction of sp³-hybridized carbons (Fsp3) is 0.381. The smallest absolute Gasteiger partial charge is 0.242 e. The van der Waals surface area contributed by atoms with Crippen LogP contribution in [0.2, 0.25) is 0 Å². The third-order valence-corrected chi connectivity index (χ3v) is 7.63. The lowest BCUT2D eigenvalue weighted by atomic mass is 10.1. The minimum atomic E-state index is -3.79. The van der Waals surface area contributed by atoms with Crippen LogP contribution >= 0.6 is 0 Å². The SMILES string of the molecule is CCOc1ccc(C(C)NC(=O)CN(c2ccc(S(=O)(=O)N(C)C)cc2)S(C)(=O)=O)cc1. The quantitative estimate of drug-likeness (QED) is 0.553. The molecule has 0 spiro atoms. The molecule has 0 aromatic heterocycles. The van der Waals surface area contributed by atoms with Crippen LogP contribution in [0.25, 0.3) is 0 Å². The Hall–Kier alpha value is -2.63. The molecule has 1 N–H and O–H groups in total. The first-order valence-corrected chi connectivity index (χ1v) is 13.2. The van der Waals surface area contributed by atoms with Crippen molar-refractivity contribution < 1.29 is 26.4 Å². The van der Waals surface area contributed by atoms with Gasteiger partial charge in [0, 0.05) is 14.1 Å². The van der Waals surface area contributed by atoms with Gasteiger partial charge in [-0.15, -0.1) is 0 Å². The van der Waals surface area contributed by atoms with Gasteiger partial charge >= 0.3 is 0 Å². The van der Waals surface area contributed by atoms with Gasteiger partial charge in [-0.2, -0.15) is 0 Å². The maximum atomic E-state index is 12.6. The predicted molar refractivity (Wildman–Crippen MR) is 124 cm³/mol. The monoisotopic (exact) mass is 483 g/mol. The van der Waals surface area contributed by atoms with Crippen LogP contribution in [-0.2, 0) is 24.8 Å². The minimum Gasteiger partial charge on any atom is -0.494 e. The van der Waals surface area contributed by atoms with Gasteiger partial charge in [-0.1, -0.05) is 12.1 Å². The summed E-state index contributed by atoms with van der Waals surface area (Å²) < 4.78 is 56.5. The van der Waals surface area contributed by atoms with Crippen molar-refractivity contribution in [3.8, 4) is 5.75 Å². The van der Waals surface area contributed by atoms with Gasteiger partial charge in [0.1, 0.15) is 12.3 Å². The molecule has 2 aromatic carbocycles. The number of ether oxygens (including phenoxy) is 1. The molecule has 1 amide bonds. The fourth-order valence-corrected chi connectivity index (χ4v) is 4.67. The molecule has 176 valence electrons. The number of hydrogen-bond acceptors (Lipinski definition) is 6. The number of carbonyl (C=O) groups excluding carboxylic acids is 1. The van der Waals surface area contributed by atoms with Gasteiger partial charge in [0.2, 0.25) is 26.0 Å². The van der Waals surface area contributed by atoms with E-state index in [1.807, 2.05) is 19.1 Å². The highest BCUT2D eigenvalue weighted by atomic mass is 32.2. The minimum absolute atomic E-state index is 0.0216. The third kappa shape index (κ3) is 6.44. The standard InChI is InChI=1S/C21H29N3O6S2/c1-6-30-19-11-7-17(8-12-19)16(2)22-21(25)15-24(31(5,26)27)18-9-13-20(14-10-18)32(28,29)23(3)4/h7-14,16H,6,15H2,1-5H3,(H,22,25). The fourth-order valence-electron chi connectivity index (χ4n) is 2.92. The molecule has 0 aliphatic heterocycles. The Kier molecular flexibility index (Phi) is 8.27. The normalized spacial score (nSPS) is 12.9. The van der Waals surface area contributed by atoms with Crippen molar-refractivity contribution in [2.45, 2.75) is 24.8 Å². The van der Waals surface area contributed by atoms with Crippen molar-refractivity contribution in [2.75, 3.05) is 37.8 Å².